The zero-order valence-corrected chi connectivity index (χ0v) is 22.8. The maximum atomic E-state index is 12.7. The maximum Gasteiger partial charge on any atom is 0.534 e. The Kier molecular flexibility index (Phi) is 10.3. The van der Waals surface area contributed by atoms with Crippen molar-refractivity contribution in [2.75, 3.05) is 6.61 Å². The van der Waals surface area contributed by atoms with Gasteiger partial charge in [0.25, 0.3) is 0 Å². The third-order valence-electron chi connectivity index (χ3n) is 6.30. The third-order valence-corrected chi connectivity index (χ3v) is 7.28. The lowest BCUT2D eigenvalue weighted by atomic mass is 9.69. The van der Waals surface area contributed by atoms with E-state index in [0.29, 0.717) is 6.61 Å². The topological polar surface area (TPSA) is 52.6 Å². The van der Waals surface area contributed by atoms with Gasteiger partial charge in [-0.25, -0.2) is 0 Å². The van der Waals surface area contributed by atoms with Crippen molar-refractivity contribution in [1.29, 1.82) is 0 Å². The van der Waals surface area contributed by atoms with Crippen molar-refractivity contribution in [2.24, 2.45) is 0 Å². The lowest BCUT2D eigenvalue weighted by molar-refractivity contribution is -0.0500. The summed E-state index contributed by atoms with van der Waals surface area (Å²) in [4.78, 5) is 0. The van der Waals surface area contributed by atoms with E-state index in [0.717, 1.165) is 42.6 Å². The van der Waals surface area contributed by atoms with E-state index in [1.165, 1.54) is 29.7 Å². The van der Waals surface area contributed by atoms with Gasteiger partial charge in [0, 0.05) is 5.92 Å². The third kappa shape index (κ3) is 7.31. The first kappa shape index (κ1) is 29.6. The number of halogens is 3. The van der Waals surface area contributed by atoms with Gasteiger partial charge in [0.15, 0.2) is 0 Å². The first-order valence-electron chi connectivity index (χ1n) is 13.0. The molecule has 4 nitrogen and oxygen atoms in total. The van der Waals surface area contributed by atoms with Gasteiger partial charge >= 0.3 is 15.6 Å². The lowest BCUT2D eigenvalue weighted by Gasteiger charge is -2.35. The molecule has 0 saturated carbocycles. The van der Waals surface area contributed by atoms with Gasteiger partial charge in [-0.05, 0) is 71.7 Å². The fraction of sp³-hybridized carbons (Fsp3) is 0.400. The molecule has 8 heteroatoms. The zero-order valence-electron chi connectivity index (χ0n) is 22.0. The number of benzene rings is 3. The van der Waals surface area contributed by atoms with Crippen molar-refractivity contribution in [3.63, 3.8) is 0 Å². The Bertz CT molecular complexity index is 1260. The van der Waals surface area contributed by atoms with Gasteiger partial charge in [0.1, 0.15) is 11.5 Å². The highest BCUT2D eigenvalue weighted by molar-refractivity contribution is 7.88. The largest absolute Gasteiger partial charge is 0.534 e. The number of rotatable bonds is 8. The molecule has 3 aromatic carbocycles. The van der Waals surface area contributed by atoms with Crippen LogP contribution in [0.4, 0.5) is 13.2 Å². The average molecular weight is 549 g/mol. The van der Waals surface area contributed by atoms with Gasteiger partial charge in [0.2, 0.25) is 0 Å². The minimum atomic E-state index is -5.72. The van der Waals surface area contributed by atoms with Gasteiger partial charge in [-0.2, -0.15) is 21.6 Å². The van der Waals surface area contributed by atoms with E-state index in [1.54, 1.807) is 12.1 Å². The van der Waals surface area contributed by atoms with Crippen molar-refractivity contribution in [3.8, 4) is 11.5 Å². The second-order valence-electron chi connectivity index (χ2n) is 9.36. The average Bonchev–Trinajstić information content (AvgIpc) is 2.89. The molecule has 0 N–H and O–H groups in total. The van der Waals surface area contributed by atoms with E-state index in [-0.39, 0.29) is 17.6 Å². The monoisotopic (exact) mass is 548 g/mol. The van der Waals surface area contributed by atoms with Gasteiger partial charge in [-0.1, -0.05) is 82.1 Å². The normalized spacial score (nSPS) is 17.1. The Hall–Kier alpha value is -3.00. The molecule has 0 heterocycles. The molecule has 4 rings (SSSR count). The van der Waals surface area contributed by atoms with Crippen LogP contribution in [-0.4, -0.2) is 20.5 Å². The van der Waals surface area contributed by atoms with Gasteiger partial charge in [-0.15, -0.1) is 0 Å². The molecular formula is C30H35F3O4S. The first-order valence-corrected chi connectivity index (χ1v) is 14.4. The number of fused-ring (bicyclic) bond motifs is 1. The summed E-state index contributed by atoms with van der Waals surface area (Å²) >= 11 is 0. The van der Waals surface area contributed by atoms with Crippen molar-refractivity contribution in [3.05, 3.63) is 95.1 Å². The summed E-state index contributed by atoms with van der Waals surface area (Å²) in [6.45, 7) is 7.02. The Morgan fingerprint density at radius 2 is 1.50 bits per heavy atom. The smallest absolute Gasteiger partial charge is 0.494 e. The van der Waals surface area contributed by atoms with E-state index in [1.807, 2.05) is 24.3 Å². The molecule has 0 aromatic heterocycles. The summed E-state index contributed by atoms with van der Waals surface area (Å²) in [5.41, 5.74) is -1.13. The molecule has 1 aliphatic carbocycles. The number of aryl methyl sites for hydroxylation is 1. The molecule has 0 bridgehead atoms. The number of hydrogen-bond acceptors (Lipinski definition) is 4. The molecule has 3 aromatic rings. The van der Waals surface area contributed by atoms with Crippen LogP contribution in [0.15, 0.2) is 72.8 Å². The second kappa shape index (κ2) is 13.2. The molecule has 2 unspecified atom stereocenters. The minimum Gasteiger partial charge on any atom is -0.494 e. The number of hydrogen-bond donors (Lipinski definition) is 0. The summed E-state index contributed by atoms with van der Waals surface area (Å²) in [6.07, 6.45) is 5.05. The lowest BCUT2D eigenvalue weighted by Crippen LogP contribution is -2.28. The van der Waals surface area contributed by atoms with Crippen LogP contribution in [0.25, 0.3) is 0 Å². The van der Waals surface area contributed by atoms with Crippen LogP contribution < -0.4 is 8.92 Å². The van der Waals surface area contributed by atoms with E-state index in [9.17, 15) is 21.6 Å². The van der Waals surface area contributed by atoms with E-state index in [2.05, 4.69) is 49.2 Å². The molecule has 0 spiro atoms. The standard InChI is InChI=1S/C27H27F3O4S.C3H8/c1-2-3-17-33-23-14-16-25-21(18-23)11-15-24(19-7-5-4-6-8-19)26(25)20-9-12-22(13-10-20)34-35(31,32)27(28,29)30;1-3-2/h4-10,12-14,16,18,24,26H,2-3,11,15,17H2,1H3;3H2,1-2H3. The highest BCUT2D eigenvalue weighted by Gasteiger charge is 2.48. The number of alkyl halides is 3. The summed E-state index contributed by atoms with van der Waals surface area (Å²) in [5.74, 6) is 0.550. The molecule has 2 atom stereocenters. The molecule has 0 saturated heterocycles. The van der Waals surface area contributed by atoms with Gasteiger partial charge < -0.3 is 8.92 Å². The van der Waals surface area contributed by atoms with E-state index in [4.69, 9.17) is 4.74 Å². The van der Waals surface area contributed by atoms with Crippen molar-refractivity contribution < 1.29 is 30.5 Å². The molecule has 206 valence electrons. The summed E-state index contributed by atoms with van der Waals surface area (Å²) in [7, 11) is -5.72. The zero-order chi connectivity index (χ0) is 27.8. The van der Waals surface area contributed by atoms with Gasteiger partial charge in [-0.3, -0.25) is 0 Å². The second-order valence-corrected chi connectivity index (χ2v) is 10.9. The Morgan fingerprint density at radius 1 is 0.868 bits per heavy atom. The predicted molar refractivity (Wildman–Crippen MR) is 144 cm³/mol. The quantitative estimate of drug-likeness (QED) is 0.161. The van der Waals surface area contributed by atoms with Crippen molar-refractivity contribution >= 4 is 10.1 Å². The number of ether oxygens (including phenoxy) is 1. The van der Waals surface area contributed by atoms with Gasteiger partial charge in [0.05, 0.1) is 6.61 Å². The Morgan fingerprint density at radius 3 is 2.11 bits per heavy atom. The van der Waals surface area contributed by atoms with Crippen LogP contribution in [0.1, 0.15) is 80.5 Å². The predicted octanol–water partition coefficient (Wildman–Crippen LogP) is 8.37. The minimum absolute atomic E-state index is 0.0564. The summed E-state index contributed by atoms with van der Waals surface area (Å²) in [6, 6.07) is 22.0. The van der Waals surface area contributed by atoms with E-state index >= 15 is 0 Å². The van der Waals surface area contributed by atoms with Crippen molar-refractivity contribution in [1.82, 2.24) is 0 Å². The molecule has 1 aliphatic rings. The Balaban J connectivity index is 0.00000127. The van der Waals surface area contributed by atoms with Crippen LogP contribution in [0.2, 0.25) is 0 Å². The van der Waals surface area contributed by atoms with Crippen LogP contribution in [-0.2, 0) is 16.5 Å². The number of unbranched alkanes of at least 4 members (excludes halogenated alkanes) is 1. The first-order chi connectivity index (χ1) is 18.1. The molecule has 0 fully saturated rings. The highest BCUT2D eigenvalue weighted by Crippen LogP contribution is 2.47. The van der Waals surface area contributed by atoms with Crippen LogP contribution in [0.5, 0.6) is 11.5 Å². The summed E-state index contributed by atoms with van der Waals surface area (Å²) in [5, 5.41) is 0. The van der Waals surface area contributed by atoms with Crippen LogP contribution >= 0.6 is 0 Å². The van der Waals surface area contributed by atoms with Crippen LogP contribution in [0, 0.1) is 0 Å². The highest BCUT2D eigenvalue weighted by atomic mass is 32.2. The van der Waals surface area contributed by atoms with E-state index < -0.39 is 15.6 Å². The van der Waals surface area contributed by atoms with Crippen LogP contribution in [0.3, 0.4) is 0 Å². The molecular weight excluding hydrogens is 513 g/mol. The summed E-state index contributed by atoms with van der Waals surface area (Å²) < 4.78 is 71.0. The molecule has 0 amide bonds. The maximum absolute atomic E-state index is 12.7. The molecule has 0 radical (unpaired) electrons. The Labute approximate surface area is 223 Å². The molecule has 38 heavy (non-hydrogen) atoms. The fourth-order valence-electron chi connectivity index (χ4n) is 4.60. The van der Waals surface area contributed by atoms with Crippen molar-refractivity contribution in [2.45, 2.75) is 70.2 Å². The fourth-order valence-corrected chi connectivity index (χ4v) is 5.06. The molecule has 0 aliphatic heterocycles. The SMILES string of the molecule is CCC.CCCCOc1ccc2c(c1)CCC(c1ccccc1)C2c1ccc(OS(=O)(=O)C(F)(F)F)cc1.